The second-order valence-electron chi connectivity index (χ2n) is 5.73. The van der Waals surface area contributed by atoms with E-state index in [2.05, 4.69) is 19.9 Å². The van der Waals surface area contributed by atoms with Gasteiger partial charge in [-0.15, -0.1) is 0 Å². The quantitative estimate of drug-likeness (QED) is 0.377. The number of benzene rings is 1. The third-order valence-electron chi connectivity index (χ3n) is 3.99. The molecular formula is C19H30O2. The van der Waals surface area contributed by atoms with Crippen molar-refractivity contribution in [3.05, 3.63) is 29.3 Å². The Morgan fingerprint density at radius 2 is 1.57 bits per heavy atom. The third kappa shape index (κ3) is 6.79. The molecule has 1 rings (SSSR count). The minimum atomic E-state index is 0.547. The molecule has 0 aliphatic carbocycles. The number of carbonyl (C=O) groups excluding carboxylic acids is 1. The fourth-order valence-electron chi connectivity index (χ4n) is 2.76. The van der Waals surface area contributed by atoms with Crippen LogP contribution in [0.5, 0.6) is 5.75 Å². The van der Waals surface area contributed by atoms with Crippen LogP contribution in [0, 0.1) is 0 Å². The summed E-state index contributed by atoms with van der Waals surface area (Å²) in [6.07, 6.45) is 12.1. The molecule has 2 heteroatoms. The topological polar surface area (TPSA) is 26.3 Å². The Kier molecular flexibility index (Phi) is 9.60. The molecule has 2 nitrogen and oxygen atoms in total. The Labute approximate surface area is 129 Å². The van der Waals surface area contributed by atoms with Crippen molar-refractivity contribution in [3.63, 3.8) is 0 Å². The number of unbranched alkanes of at least 4 members (excludes halogenated alkanes) is 6. The summed E-state index contributed by atoms with van der Waals surface area (Å²) in [6, 6.07) is 6.11. The maximum absolute atomic E-state index is 10.7. The predicted octanol–water partition coefficient (Wildman–Crippen LogP) is 5.47. The van der Waals surface area contributed by atoms with Crippen molar-refractivity contribution in [2.75, 3.05) is 0 Å². The highest BCUT2D eigenvalue weighted by molar-refractivity contribution is 5.50. The van der Waals surface area contributed by atoms with Crippen molar-refractivity contribution in [2.24, 2.45) is 0 Å². The first-order chi connectivity index (χ1) is 10.3. The number of aryl methyl sites for hydroxylation is 1. The van der Waals surface area contributed by atoms with Crippen LogP contribution in [-0.4, -0.2) is 6.47 Å². The van der Waals surface area contributed by atoms with Crippen LogP contribution in [0.2, 0.25) is 0 Å². The largest absolute Gasteiger partial charge is 0.428 e. The van der Waals surface area contributed by atoms with Crippen molar-refractivity contribution in [3.8, 4) is 5.75 Å². The molecule has 0 saturated heterocycles. The van der Waals surface area contributed by atoms with E-state index >= 15 is 0 Å². The van der Waals surface area contributed by atoms with Crippen LogP contribution in [0.4, 0.5) is 0 Å². The molecule has 0 aliphatic heterocycles. The number of rotatable bonds is 12. The Hall–Kier alpha value is -1.31. The minimum Gasteiger partial charge on any atom is -0.428 e. The van der Waals surface area contributed by atoms with Gasteiger partial charge in [0.15, 0.2) is 0 Å². The van der Waals surface area contributed by atoms with Crippen molar-refractivity contribution in [1.29, 1.82) is 0 Å². The van der Waals surface area contributed by atoms with Gasteiger partial charge in [0.25, 0.3) is 6.47 Å². The monoisotopic (exact) mass is 290 g/mol. The standard InChI is InChI=1S/C19H30O2/c1-3-5-7-9-12-17-13-11-15-19(21-16-20)18(17)14-10-8-6-4-2/h11,13,15-16H,3-10,12,14H2,1-2H3. The lowest BCUT2D eigenvalue weighted by atomic mass is 9.96. The van der Waals surface area contributed by atoms with Gasteiger partial charge in [-0.3, -0.25) is 4.79 Å². The molecule has 0 heterocycles. The lowest BCUT2D eigenvalue weighted by Crippen LogP contribution is -2.01. The maximum Gasteiger partial charge on any atom is 0.298 e. The van der Waals surface area contributed by atoms with Crippen molar-refractivity contribution in [2.45, 2.75) is 78.1 Å². The molecule has 0 fully saturated rings. The molecule has 0 aliphatic rings. The van der Waals surface area contributed by atoms with Gasteiger partial charge in [0.2, 0.25) is 0 Å². The summed E-state index contributed by atoms with van der Waals surface area (Å²) >= 11 is 0. The van der Waals surface area contributed by atoms with E-state index in [0.29, 0.717) is 6.47 Å². The predicted molar refractivity (Wildman–Crippen MR) is 88.8 cm³/mol. The van der Waals surface area contributed by atoms with Gasteiger partial charge in [-0.05, 0) is 42.9 Å². The fourth-order valence-corrected chi connectivity index (χ4v) is 2.76. The zero-order valence-electron chi connectivity index (χ0n) is 13.7. The van der Waals surface area contributed by atoms with Crippen molar-refractivity contribution < 1.29 is 9.53 Å². The fraction of sp³-hybridized carbons (Fsp3) is 0.632. The minimum absolute atomic E-state index is 0.547. The van der Waals surface area contributed by atoms with E-state index < -0.39 is 0 Å². The summed E-state index contributed by atoms with van der Waals surface area (Å²) in [5.74, 6) is 0.759. The molecule has 0 N–H and O–H groups in total. The second kappa shape index (κ2) is 11.4. The highest BCUT2D eigenvalue weighted by atomic mass is 16.5. The Bertz CT molecular complexity index is 399. The summed E-state index contributed by atoms with van der Waals surface area (Å²) in [4.78, 5) is 10.7. The molecular weight excluding hydrogens is 260 g/mol. The van der Waals surface area contributed by atoms with E-state index in [4.69, 9.17) is 4.74 Å². The first kappa shape index (κ1) is 17.7. The molecule has 0 spiro atoms. The van der Waals surface area contributed by atoms with Crippen LogP contribution >= 0.6 is 0 Å². The first-order valence-corrected chi connectivity index (χ1v) is 8.54. The molecule has 1 aromatic carbocycles. The normalized spacial score (nSPS) is 10.6. The number of carbonyl (C=O) groups is 1. The second-order valence-corrected chi connectivity index (χ2v) is 5.73. The Balaban J connectivity index is 2.68. The van der Waals surface area contributed by atoms with Crippen LogP contribution in [-0.2, 0) is 17.6 Å². The van der Waals surface area contributed by atoms with E-state index in [1.54, 1.807) is 0 Å². The Morgan fingerprint density at radius 1 is 0.905 bits per heavy atom. The highest BCUT2D eigenvalue weighted by Crippen LogP contribution is 2.26. The van der Waals surface area contributed by atoms with E-state index in [1.165, 1.54) is 62.5 Å². The summed E-state index contributed by atoms with van der Waals surface area (Å²) in [5.41, 5.74) is 2.61. The molecule has 0 radical (unpaired) electrons. The Morgan fingerprint density at radius 3 is 2.19 bits per heavy atom. The zero-order chi connectivity index (χ0) is 15.3. The molecule has 0 atom stereocenters. The smallest absolute Gasteiger partial charge is 0.298 e. The van der Waals surface area contributed by atoms with Crippen LogP contribution in [0.1, 0.15) is 76.3 Å². The molecule has 0 amide bonds. The molecule has 0 bridgehead atoms. The summed E-state index contributed by atoms with van der Waals surface area (Å²) in [7, 11) is 0. The maximum atomic E-state index is 10.7. The van der Waals surface area contributed by atoms with Crippen LogP contribution in [0.3, 0.4) is 0 Å². The van der Waals surface area contributed by atoms with E-state index in [-0.39, 0.29) is 0 Å². The van der Waals surface area contributed by atoms with E-state index in [9.17, 15) is 4.79 Å². The summed E-state index contributed by atoms with van der Waals surface area (Å²) < 4.78 is 5.18. The highest BCUT2D eigenvalue weighted by Gasteiger charge is 2.09. The average Bonchev–Trinajstić information content (AvgIpc) is 2.50. The van der Waals surface area contributed by atoms with Gasteiger partial charge in [0, 0.05) is 0 Å². The zero-order valence-corrected chi connectivity index (χ0v) is 13.7. The molecule has 21 heavy (non-hydrogen) atoms. The molecule has 118 valence electrons. The molecule has 0 unspecified atom stereocenters. The first-order valence-electron chi connectivity index (χ1n) is 8.54. The molecule has 1 aromatic rings. The van der Waals surface area contributed by atoms with Gasteiger partial charge in [0.05, 0.1) is 0 Å². The van der Waals surface area contributed by atoms with Gasteiger partial charge in [-0.2, -0.15) is 0 Å². The third-order valence-corrected chi connectivity index (χ3v) is 3.99. The van der Waals surface area contributed by atoms with Crippen molar-refractivity contribution >= 4 is 6.47 Å². The molecule has 0 aromatic heterocycles. The van der Waals surface area contributed by atoms with E-state index in [1.807, 2.05) is 12.1 Å². The van der Waals surface area contributed by atoms with Gasteiger partial charge in [0.1, 0.15) is 5.75 Å². The number of hydrogen-bond acceptors (Lipinski definition) is 2. The van der Waals surface area contributed by atoms with Gasteiger partial charge in [-0.1, -0.05) is 64.5 Å². The number of hydrogen-bond donors (Lipinski definition) is 0. The van der Waals surface area contributed by atoms with Crippen LogP contribution in [0.25, 0.3) is 0 Å². The lowest BCUT2D eigenvalue weighted by Gasteiger charge is -2.13. The summed E-state index contributed by atoms with van der Waals surface area (Å²) in [5, 5.41) is 0. The lowest BCUT2D eigenvalue weighted by molar-refractivity contribution is -0.120. The number of ether oxygens (including phenoxy) is 1. The van der Waals surface area contributed by atoms with Gasteiger partial charge >= 0.3 is 0 Å². The van der Waals surface area contributed by atoms with Gasteiger partial charge < -0.3 is 4.74 Å². The average molecular weight is 290 g/mol. The summed E-state index contributed by atoms with van der Waals surface area (Å²) in [6.45, 7) is 5.01. The van der Waals surface area contributed by atoms with Crippen molar-refractivity contribution in [1.82, 2.24) is 0 Å². The van der Waals surface area contributed by atoms with E-state index in [0.717, 1.165) is 18.6 Å². The molecule has 0 saturated carbocycles. The van der Waals surface area contributed by atoms with Gasteiger partial charge in [-0.25, -0.2) is 0 Å². The SMILES string of the molecule is CCCCCCc1cccc(OC=O)c1CCCCCC. The van der Waals surface area contributed by atoms with Crippen LogP contribution < -0.4 is 4.74 Å². The van der Waals surface area contributed by atoms with Crippen LogP contribution in [0.15, 0.2) is 18.2 Å².